The van der Waals surface area contributed by atoms with Gasteiger partial charge >= 0.3 is 0 Å². The molecule has 0 aliphatic carbocycles. The summed E-state index contributed by atoms with van der Waals surface area (Å²) < 4.78 is 18.9. The van der Waals surface area contributed by atoms with E-state index in [4.69, 9.17) is 4.98 Å². The predicted molar refractivity (Wildman–Crippen MR) is 109 cm³/mol. The molecule has 1 aliphatic rings. The molecule has 1 aromatic heterocycles. The zero-order valence-corrected chi connectivity index (χ0v) is 15.8. The van der Waals surface area contributed by atoms with Crippen molar-refractivity contribution < 1.29 is 4.57 Å². The lowest BCUT2D eigenvalue weighted by Gasteiger charge is -2.34. The maximum Gasteiger partial charge on any atom is 0.241 e. The zero-order valence-electron chi connectivity index (χ0n) is 14.9. The first-order chi connectivity index (χ1) is 12.7. The first-order valence-corrected chi connectivity index (χ1v) is 10.9. The summed E-state index contributed by atoms with van der Waals surface area (Å²) in [6.45, 7) is 6.20. The van der Waals surface area contributed by atoms with Gasteiger partial charge in [-0.25, -0.2) is 9.65 Å². The van der Waals surface area contributed by atoms with Gasteiger partial charge in [-0.2, -0.15) is 0 Å². The van der Waals surface area contributed by atoms with Crippen molar-refractivity contribution in [3.05, 3.63) is 67.3 Å². The molecule has 0 bridgehead atoms. The molecule has 1 saturated heterocycles. The fourth-order valence-corrected chi connectivity index (χ4v) is 6.79. The molecule has 2 heterocycles. The molecule has 0 saturated carbocycles. The third-order valence-electron chi connectivity index (χ3n) is 5.05. The highest BCUT2D eigenvalue weighted by molar-refractivity contribution is 7.76. The number of benzene rings is 2. The molecule has 2 aromatic carbocycles. The molecule has 134 valence electrons. The van der Waals surface area contributed by atoms with Gasteiger partial charge in [0.2, 0.25) is 7.29 Å². The minimum atomic E-state index is -3.00. The van der Waals surface area contributed by atoms with Gasteiger partial charge in [-0.05, 0) is 37.1 Å². The molecule has 5 heteroatoms. The molecule has 4 rings (SSSR count). The van der Waals surface area contributed by atoms with Crippen LogP contribution in [0.25, 0.3) is 11.0 Å². The second-order valence-corrected chi connectivity index (χ2v) is 9.36. The quantitative estimate of drug-likeness (QED) is 0.508. The van der Waals surface area contributed by atoms with E-state index in [1.165, 1.54) is 6.42 Å². The third-order valence-corrected chi connectivity index (χ3v) is 8.13. The lowest BCUT2D eigenvalue weighted by atomic mass is 10.2. The van der Waals surface area contributed by atoms with Crippen molar-refractivity contribution >= 4 is 29.2 Å². The second-order valence-electron chi connectivity index (χ2n) is 6.73. The molecule has 1 unspecified atom stereocenters. The molecule has 0 amide bonds. The number of hydrogen-bond acceptors (Lipinski definition) is 2. The molecule has 1 atom stereocenters. The Kier molecular flexibility index (Phi) is 4.80. The first-order valence-electron chi connectivity index (χ1n) is 9.23. The SMILES string of the molecule is C=CCn1c(P(=O)(c2ccccc2)N2CCCCC2)nc2ccccc21. The molecule has 3 aromatic rings. The fraction of sp³-hybridized carbons (Fsp3) is 0.286. The molecule has 4 nitrogen and oxygen atoms in total. The molecule has 0 radical (unpaired) electrons. The third kappa shape index (κ3) is 2.84. The van der Waals surface area contributed by atoms with Crippen LogP contribution in [0.2, 0.25) is 0 Å². The standard InChI is InChI=1S/C21H24N3OP/c1-2-15-24-20-14-8-7-13-19(20)22-21(24)26(25,18-11-5-3-6-12-18)23-16-9-4-10-17-23/h2-3,5-8,11-14H,1,4,9-10,15-17H2. The van der Waals surface area contributed by atoms with E-state index in [2.05, 4.69) is 15.8 Å². The van der Waals surface area contributed by atoms with Crippen LogP contribution in [0.4, 0.5) is 0 Å². The lowest BCUT2D eigenvalue weighted by molar-refractivity contribution is 0.351. The molecular formula is C21H24N3OP. The number of rotatable bonds is 5. The molecule has 0 spiro atoms. The Morgan fingerprint density at radius 2 is 1.69 bits per heavy atom. The van der Waals surface area contributed by atoms with Crippen LogP contribution in [0.5, 0.6) is 0 Å². The van der Waals surface area contributed by atoms with Crippen LogP contribution < -0.4 is 10.9 Å². The van der Waals surface area contributed by atoms with Gasteiger partial charge in [0.15, 0.2) is 5.57 Å². The molecule has 0 N–H and O–H groups in total. The maximum absolute atomic E-state index is 14.6. The van der Waals surface area contributed by atoms with Gasteiger partial charge in [-0.15, -0.1) is 6.58 Å². The van der Waals surface area contributed by atoms with Crippen molar-refractivity contribution in [1.29, 1.82) is 0 Å². The van der Waals surface area contributed by atoms with E-state index in [1.54, 1.807) is 0 Å². The number of nitrogens with zero attached hydrogens (tertiary/aromatic N) is 3. The summed E-state index contributed by atoms with van der Waals surface area (Å²) >= 11 is 0. The van der Waals surface area contributed by atoms with Gasteiger partial charge in [-0.3, -0.25) is 4.57 Å². The van der Waals surface area contributed by atoms with Gasteiger partial charge in [-0.1, -0.05) is 42.8 Å². The van der Waals surface area contributed by atoms with Crippen LogP contribution in [0.15, 0.2) is 67.3 Å². The van der Waals surface area contributed by atoms with Gasteiger partial charge in [0.25, 0.3) is 0 Å². The minimum absolute atomic E-state index is 0.598. The zero-order chi connectivity index (χ0) is 18.0. The number of imidazole rings is 1. The van der Waals surface area contributed by atoms with Gasteiger partial charge in [0.1, 0.15) is 0 Å². The summed E-state index contributed by atoms with van der Waals surface area (Å²) in [6, 6.07) is 17.9. The summed E-state index contributed by atoms with van der Waals surface area (Å²) in [5, 5.41) is 0.863. The van der Waals surface area contributed by atoms with Crippen LogP contribution in [0.3, 0.4) is 0 Å². The Balaban J connectivity index is 1.98. The van der Waals surface area contributed by atoms with Crippen molar-refractivity contribution in [3.63, 3.8) is 0 Å². The average Bonchev–Trinajstić information content (AvgIpc) is 3.08. The Morgan fingerprint density at radius 3 is 2.42 bits per heavy atom. The Bertz CT molecular complexity index is 958. The summed E-state index contributed by atoms with van der Waals surface area (Å²) in [7, 11) is -3.00. The van der Waals surface area contributed by atoms with Crippen LogP contribution in [-0.2, 0) is 11.1 Å². The van der Waals surface area contributed by atoms with Crippen molar-refractivity contribution in [1.82, 2.24) is 14.2 Å². The van der Waals surface area contributed by atoms with Crippen molar-refractivity contribution in [3.8, 4) is 0 Å². The lowest BCUT2D eigenvalue weighted by Crippen LogP contribution is -2.39. The monoisotopic (exact) mass is 365 g/mol. The number of allylic oxidation sites excluding steroid dienone is 1. The number of piperidine rings is 1. The van der Waals surface area contributed by atoms with Crippen molar-refractivity contribution in [2.24, 2.45) is 0 Å². The maximum atomic E-state index is 14.6. The number of aromatic nitrogens is 2. The Morgan fingerprint density at radius 1 is 1.00 bits per heavy atom. The van der Waals surface area contributed by atoms with E-state index in [0.29, 0.717) is 12.1 Å². The highest BCUT2D eigenvalue weighted by Gasteiger charge is 2.39. The van der Waals surface area contributed by atoms with Gasteiger partial charge in [0.05, 0.1) is 11.0 Å². The largest absolute Gasteiger partial charge is 0.316 e. The minimum Gasteiger partial charge on any atom is -0.316 e. The Hall–Kier alpha value is -2.16. The smallest absolute Gasteiger partial charge is 0.241 e. The number of hydrogen-bond donors (Lipinski definition) is 0. The first kappa shape index (κ1) is 17.3. The van der Waals surface area contributed by atoms with Crippen LogP contribution in [-0.4, -0.2) is 27.3 Å². The number of fused-ring (bicyclic) bond motifs is 1. The molecular weight excluding hydrogens is 341 g/mol. The van der Waals surface area contributed by atoms with E-state index < -0.39 is 7.29 Å². The van der Waals surface area contributed by atoms with E-state index in [9.17, 15) is 4.57 Å². The summed E-state index contributed by atoms with van der Waals surface area (Å²) in [6.07, 6.45) is 5.22. The Labute approximate surface area is 154 Å². The summed E-state index contributed by atoms with van der Waals surface area (Å²) in [5.74, 6) is 0. The van der Waals surface area contributed by atoms with Crippen LogP contribution in [0.1, 0.15) is 19.3 Å². The van der Waals surface area contributed by atoms with Crippen LogP contribution >= 0.6 is 7.29 Å². The van der Waals surface area contributed by atoms with Crippen LogP contribution in [0, 0.1) is 0 Å². The summed E-state index contributed by atoms with van der Waals surface area (Å²) in [5.41, 5.74) is 2.57. The van der Waals surface area contributed by atoms with Gasteiger partial charge < -0.3 is 4.57 Å². The molecule has 1 aliphatic heterocycles. The fourth-order valence-electron chi connectivity index (χ4n) is 3.80. The average molecular weight is 365 g/mol. The number of para-hydroxylation sites is 2. The normalized spacial score (nSPS) is 17.8. The highest BCUT2D eigenvalue weighted by Crippen LogP contribution is 2.48. The van der Waals surface area contributed by atoms with Crippen molar-refractivity contribution in [2.45, 2.75) is 25.8 Å². The van der Waals surface area contributed by atoms with Gasteiger partial charge in [0, 0.05) is 24.9 Å². The molecule has 1 fully saturated rings. The topological polar surface area (TPSA) is 38.1 Å². The van der Waals surface area contributed by atoms with E-state index >= 15 is 0 Å². The highest BCUT2D eigenvalue weighted by atomic mass is 31.2. The predicted octanol–water partition coefficient (Wildman–Crippen LogP) is 3.94. The van der Waals surface area contributed by atoms with E-state index in [0.717, 1.165) is 42.3 Å². The second kappa shape index (κ2) is 7.22. The van der Waals surface area contributed by atoms with E-state index in [1.807, 2.05) is 60.7 Å². The van der Waals surface area contributed by atoms with Crippen molar-refractivity contribution in [2.75, 3.05) is 13.1 Å². The summed E-state index contributed by atoms with van der Waals surface area (Å²) in [4.78, 5) is 4.87. The molecule has 26 heavy (non-hydrogen) atoms. The van der Waals surface area contributed by atoms with E-state index in [-0.39, 0.29) is 0 Å².